The number of nitrogens with one attached hydrogen (secondary N) is 1. The monoisotopic (exact) mass is 403 g/mol. The van der Waals surface area contributed by atoms with Crippen LogP contribution >= 0.6 is 11.3 Å². The Balaban J connectivity index is 1.67. The SMILES string of the molecule is CCn1ncc(CN(C)CC(=O)Nc2sc3c(c2C(N)=O)CCC(C)C3)c1C. The van der Waals surface area contributed by atoms with Crippen molar-refractivity contribution in [1.82, 2.24) is 14.7 Å². The molecule has 1 aliphatic rings. The molecule has 0 saturated heterocycles. The summed E-state index contributed by atoms with van der Waals surface area (Å²) in [5.41, 5.74) is 9.38. The fraction of sp³-hybridized carbons (Fsp3) is 0.550. The maximum absolute atomic E-state index is 12.6. The van der Waals surface area contributed by atoms with E-state index in [1.165, 1.54) is 16.2 Å². The van der Waals surface area contributed by atoms with Gasteiger partial charge in [0.15, 0.2) is 0 Å². The van der Waals surface area contributed by atoms with Crippen LogP contribution in [0.15, 0.2) is 6.20 Å². The maximum Gasteiger partial charge on any atom is 0.251 e. The van der Waals surface area contributed by atoms with Gasteiger partial charge in [0.05, 0.1) is 18.3 Å². The van der Waals surface area contributed by atoms with Gasteiger partial charge in [-0.15, -0.1) is 11.3 Å². The Morgan fingerprint density at radius 1 is 1.46 bits per heavy atom. The molecule has 1 unspecified atom stereocenters. The number of aromatic nitrogens is 2. The van der Waals surface area contributed by atoms with E-state index in [0.29, 0.717) is 23.0 Å². The zero-order valence-electron chi connectivity index (χ0n) is 17.0. The molecule has 152 valence electrons. The molecular weight excluding hydrogens is 374 g/mol. The van der Waals surface area contributed by atoms with Gasteiger partial charge in [-0.25, -0.2) is 0 Å². The van der Waals surface area contributed by atoms with Gasteiger partial charge >= 0.3 is 0 Å². The summed E-state index contributed by atoms with van der Waals surface area (Å²) in [5, 5.41) is 7.87. The van der Waals surface area contributed by atoms with E-state index in [-0.39, 0.29) is 12.5 Å². The van der Waals surface area contributed by atoms with Crippen LogP contribution in [-0.2, 0) is 30.7 Å². The van der Waals surface area contributed by atoms with Gasteiger partial charge in [0, 0.05) is 29.2 Å². The largest absolute Gasteiger partial charge is 0.365 e. The quantitative estimate of drug-likeness (QED) is 0.743. The molecule has 0 aliphatic heterocycles. The summed E-state index contributed by atoms with van der Waals surface area (Å²) >= 11 is 1.50. The highest BCUT2D eigenvalue weighted by atomic mass is 32.1. The van der Waals surface area contributed by atoms with Crippen molar-refractivity contribution in [3.05, 3.63) is 33.5 Å². The van der Waals surface area contributed by atoms with E-state index in [0.717, 1.165) is 42.6 Å². The molecule has 0 bridgehead atoms. The summed E-state index contributed by atoms with van der Waals surface area (Å²) in [6.45, 7) is 8.00. The molecule has 28 heavy (non-hydrogen) atoms. The first-order valence-electron chi connectivity index (χ1n) is 9.74. The number of primary amides is 1. The van der Waals surface area contributed by atoms with Gasteiger partial charge in [-0.1, -0.05) is 6.92 Å². The van der Waals surface area contributed by atoms with Crippen molar-refractivity contribution in [1.29, 1.82) is 0 Å². The topological polar surface area (TPSA) is 93.2 Å². The van der Waals surface area contributed by atoms with Crippen molar-refractivity contribution in [2.75, 3.05) is 18.9 Å². The normalized spacial score (nSPS) is 16.2. The standard InChI is InChI=1S/C20H29N5O2S/c1-5-25-13(3)14(9-22-25)10-24(4)11-17(26)23-20-18(19(21)27)15-7-6-12(2)8-16(15)28-20/h9,12H,5-8,10-11H2,1-4H3,(H2,21,27)(H,23,26). The summed E-state index contributed by atoms with van der Waals surface area (Å²) in [6, 6.07) is 0. The van der Waals surface area contributed by atoms with Crippen molar-refractivity contribution >= 4 is 28.2 Å². The number of hydrogen-bond acceptors (Lipinski definition) is 5. The number of thiophene rings is 1. The van der Waals surface area contributed by atoms with E-state index < -0.39 is 5.91 Å². The molecule has 1 atom stereocenters. The first-order chi connectivity index (χ1) is 13.3. The molecule has 0 saturated carbocycles. The molecule has 2 heterocycles. The number of nitrogens with two attached hydrogens (primary N) is 1. The van der Waals surface area contributed by atoms with E-state index in [1.54, 1.807) is 0 Å². The minimum absolute atomic E-state index is 0.141. The second-order valence-corrected chi connectivity index (χ2v) is 8.82. The van der Waals surface area contributed by atoms with Gasteiger partial charge < -0.3 is 11.1 Å². The maximum atomic E-state index is 12.6. The first kappa shape index (κ1) is 20.5. The molecule has 3 N–H and O–H groups in total. The summed E-state index contributed by atoms with van der Waals surface area (Å²) in [6.07, 6.45) is 4.69. The minimum Gasteiger partial charge on any atom is -0.365 e. The van der Waals surface area contributed by atoms with Crippen molar-refractivity contribution in [3.8, 4) is 0 Å². The molecule has 1 aliphatic carbocycles. The van der Waals surface area contributed by atoms with Gasteiger partial charge in [0.2, 0.25) is 5.91 Å². The predicted molar refractivity (Wildman–Crippen MR) is 112 cm³/mol. The molecule has 0 fully saturated rings. The zero-order valence-corrected chi connectivity index (χ0v) is 17.9. The van der Waals surface area contributed by atoms with Crippen molar-refractivity contribution in [2.24, 2.45) is 11.7 Å². The molecule has 2 aromatic rings. The Bertz CT molecular complexity index is 886. The molecule has 0 radical (unpaired) electrons. The van der Waals surface area contributed by atoms with Crippen LogP contribution in [0.5, 0.6) is 0 Å². The first-order valence-corrected chi connectivity index (χ1v) is 10.6. The Hall–Kier alpha value is -2.19. The van der Waals surface area contributed by atoms with Crippen LogP contribution in [0.2, 0.25) is 0 Å². The van der Waals surface area contributed by atoms with Crippen LogP contribution in [-0.4, -0.2) is 40.1 Å². The summed E-state index contributed by atoms with van der Waals surface area (Å²) < 4.78 is 1.94. The van der Waals surface area contributed by atoms with Crippen LogP contribution in [0.1, 0.15) is 52.3 Å². The van der Waals surface area contributed by atoms with Crippen LogP contribution in [0, 0.1) is 12.8 Å². The van der Waals surface area contributed by atoms with Gasteiger partial charge in [0.25, 0.3) is 5.91 Å². The highest BCUT2D eigenvalue weighted by Crippen LogP contribution is 2.39. The molecule has 7 nitrogen and oxygen atoms in total. The van der Waals surface area contributed by atoms with E-state index in [9.17, 15) is 9.59 Å². The highest BCUT2D eigenvalue weighted by molar-refractivity contribution is 7.17. The minimum atomic E-state index is -0.460. The number of carbonyl (C=O) groups is 2. The number of amides is 2. The number of fused-ring (bicyclic) bond motifs is 1. The van der Waals surface area contributed by atoms with Gasteiger partial charge in [0.1, 0.15) is 5.00 Å². The lowest BCUT2D eigenvalue weighted by Gasteiger charge is -2.18. The third-order valence-electron chi connectivity index (χ3n) is 5.37. The number of likely N-dealkylation sites (N-methyl/N-ethyl adjacent to an activating group) is 1. The van der Waals surface area contributed by atoms with Crippen LogP contribution in [0.4, 0.5) is 5.00 Å². The van der Waals surface area contributed by atoms with Gasteiger partial charge in [-0.2, -0.15) is 5.10 Å². The van der Waals surface area contributed by atoms with Crippen LogP contribution in [0.25, 0.3) is 0 Å². The molecule has 2 aromatic heterocycles. The summed E-state index contributed by atoms with van der Waals surface area (Å²) in [7, 11) is 1.90. The Morgan fingerprint density at radius 2 is 2.21 bits per heavy atom. The molecule has 3 rings (SSSR count). The number of nitrogens with zero attached hydrogens (tertiary/aromatic N) is 3. The smallest absolute Gasteiger partial charge is 0.251 e. The molecule has 2 amide bonds. The molecule has 0 spiro atoms. The van der Waals surface area contributed by atoms with Crippen LogP contribution < -0.4 is 11.1 Å². The van der Waals surface area contributed by atoms with E-state index in [2.05, 4.69) is 24.3 Å². The number of hydrogen-bond donors (Lipinski definition) is 2. The van der Waals surface area contributed by atoms with Crippen LogP contribution in [0.3, 0.4) is 0 Å². The average Bonchev–Trinajstić information content (AvgIpc) is 3.14. The van der Waals surface area contributed by atoms with E-state index >= 15 is 0 Å². The third-order valence-corrected chi connectivity index (χ3v) is 6.54. The molecule has 0 aromatic carbocycles. The summed E-state index contributed by atoms with van der Waals surface area (Å²) in [5.74, 6) is -0.00988. The van der Waals surface area contributed by atoms with Gasteiger partial charge in [-0.05, 0) is 51.6 Å². The second kappa shape index (κ2) is 8.45. The van der Waals surface area contributed by atoms with E-state index in [4.69, 9.17) is 5.73 Å². The zero-order chi connectivity index (χ0) is 20.4. The van der Waals surface area contributed by atoms with E-state index in [1.807, 2.05) is 29.7 Å². The molecular formula is C20H29N5O2S. The van der Waals surface area contributed by atoms with Crippen molar-refractivity contribution in [2.45, 2.75) is 53.1 Å². The number of aryl methyl sites for hydroxylation is 1. The Labute approximate surface area is 169 Å². The Kier molecular flexibility index (Phi) is 6.20. The lowest BCUT2D eigenvalue weighted by atomic mass is 9.88. The lowest BCUT2D eigenvalue weighted by Crippen LogP contribution is -2.30. The summed E-state index contributed by atoms with van der Waals surface area (Å²) in [4.78, 5) is 27.7. The fourth-order valence-corrected chi connectivity index (χ4v) is 5.25. The molecule has 8 heteroatoms. The van der Waals surface area contributed by atoms with Gasteiger partial charge in [-0.3, -0.25) is 19.2 Å². The predicted octanol–water partition coefficient (Wildman–Crippen LogP) is 2.57. The van der Waals surface area contributed by atoms with Crippen molar-refractivity contribution in [3.63, 3.8) is 0 Å². The average molecular weight is 404 g/mol. The highest BCUT2D eigenvalue weighted by Gasteiger charge is 2.27. The second-order valence-electron chi connectivity index (χ2n) is 7.71. The third kappa shape index (κ3) is 4.28. The van der Waals surface area contributed by atoms with Crippen molar-refractivity contribution < 1.29 is 9.59 Å². The number of carbonyl (C=O) groups excluding carboxylic acids is 2. The fourth-order valence-electron chi connectivity index (χ4n) is 3.82. The number of rotatable bonds is 7. The number of anilines is 1. The Morgan fingerprint density at radius 3 is 2.86 bits per heavy atom. The lowest BCUT2D eigenvalue weighted by molar-refractivity contribution is -0.117.